The number of aromatic amines is 2. The van der Waals surface area contributed by atoms with E-state index in [0.717, 1.165) is 33.2 Å². The highest BCUT2D eigenvalue weighted by atomic mass is 19.1. The number of pyridine rings is 2. The van der Waals surface area contributed by atoms with Crippen molar-refractivity contribution in [1.82, 2.24) is 30.1 Å². The third-order valence-corrected chi connectivity index (χ3v) is 6.63. The van der Waals surface area contributed by atoms with Crippen molar-refractivity contribution in [3.63, 3.8) is 0 Å². The Balaban J connectivity index is 1.25. The van der Waals surface area contributed by atoms with Gasteiger partial charge in [-0.2, -0.15) is 5.10 Å². The maximum Gasteiger partial charge on any atom is 0.255 e. The molecule has 3 N–H and O–H groups in total. The molecule has 0 saturated carbocycles. The lowest BCUT2D eigenvalue weighted by molar-refractivity contribution is 0.102. The number of aromatic nitrogens is 6. The fraction of sp³-hybridized carbons (Fsp3) is 0. The number of hydrogen-bond donors (Lipinski definition) is 3. The molecule has 0 radical (unpaired) electrons. The summed E-state index contributed by atoms with van der Waals surface area (Å²) in [5, 5.41) is 10.4. The fourth-order valence-electron chi connectivity index (χ4n) is 4.67. The number of para-hydroxylation sites is 1. The van der Waals surface area contributed by atoms with E-state index in [4.69, 9.17) is 9.97 Å². The number of imidazole rings is 1. The maximum atomic E-state index is 13.5. The smallest absolute Gasteiger partial charge is 0.255 e. The molecular weight excluding hydrogens is 505 g/mol. The molecule has 9 heteroatoms. The molecule has 0 unspecified atom stereocenters. The van der Waals surface area contributed by atoms with Gasteiger partial charge in [0.25, 0.3) is 5.91 Å². The van der Waals surface area contributed by atoms with Crippen LogP contribution in [-0.4, -0.2) is 36.0 Å². The third-order valence-electron chi connectivity index (χ3n) is 6.63. The Morgan fingerprint density at radius 1 is 0.775 bits per heavy atom. The van der Waals surface area contributed by atoms with Gasteiger partial charge in [-0.15, -0.1) is 0 Å². The molecule has 3 aromatic carbocycles. The van der Waals surface area contributed by atoms with Crippen LogP contribution < -0.4 is 5.32 Å². The first kappa shape index (κ1) is 23.4. The van der Waals surface area contributed by atoms with Crippen molar-refractivity contribution in [3.8, 4) is 33.9 Å². The topological polar surface area (TPSA) is 112 Å². The zero-order chi connectivity index (χ0) is 27.1. The van der Waals surface area contributed by atoms with Crippen LogP contribution >= 0.6 is 0 Å². The number of amides is 1. The van der Waals surface area contributed by atoms with Gasteiger partial charge in [0, 0.05) is 22.9 Å². The lowest BCUT2D eigenvalue weighted by atomic mass is 10.0. The van der Waals surface area contributed by atoms with E-state index in [9.17, 15) is 9.18 Å². The minimum atomic E-state index is -0.289. The highest BCUT2D eigenvalue weighted by Crippen LogP contribution is 2.32. The molecular formula is C31H20FN7O. The van der Waals surface area contributed by atoms with Crippen LogP contribution in [0.1, 0.15) is 10.4 Å². The van der Waals surface area contributed by atoms with Gasteiger partial charge in [0.15, 0.2) is 11.5 Å². The van der Waals surface area contributed by atoms with Gasteiger partial charge in [-0.05, 0) is 54.1 Å². The summed E-state index contributed by atoms with van der Waals surface area (Å²) in [6, 6.07) is 26.8. The van der Waals surface area contributed by atoms with Gasteiger partial charge in [0.2, 0.25) is 0 Å². The predicted molar refractivity (Wildman–Crippen MR) is 152 cm³/mol. The number of anilines is 1. The van der Waals surface area contributed by atoms with Gasteiger partial charge >= 0.3 is 0 Å². The molecule has 0 bridgehead atoms. The number of halogens is 1. The molecule has 1 amide bonds. The first-order chi connectivity index (χ1) is 19.6. The largest absolute Gasteiger partial charge is 0.336 e. The van der Waals surface area contributed by atoms with E-state index in [1.165, 1.54) is 12.1 Å². The van der Waals surface area contributed by atoms with Crippen LogP contribution in [0.25, 0.3) is 56.0 Å². The van der Waals surface area contributed by atoms with Gasteiger partial charge in [0.05, 0.1) is 34.1 Å². The minimum Gasteiger partial charge on any atom is -0.336 e. The monoisotopic (exact) mass is 525 g/mol. The number of rotatable bonds is 5. The Morgan fingerprint density at radius 2 is 1.62 bits per heavy atom. The van der Waals surface area contributed by atoms with Crippen LogP contribution in [0.15, 0.2) is 103 Å². The molecule has 4 aromatic heterocycles. The lowest BCUT2D eigenvalue weighted by Gasteiger charge is -2.07. The van der Waals surface area contributed by atoms with Gasteiger partial charge in [-0.25, -0.2) is 14.4 Å². The van der Waals surface area contributed by atoms with Crippen molar-refractivity contribution in [2.75, 3.05) is 5.32 Å². The number of H-pyrrole nitrogens is 2. The van der Waals surface area contributed by atoms with Crippen molar-refractivity contribution < 1.29 is 9.18 Å². The van der Waals surface area contributed by atoms with Crippen LogP contribution in [-0.2, 0) is 0 Å². The van der Waals surface area contributed by atoms with E-state index in [1.807, 2.05) is 54.6 Å². The molecule has 8 nitrogen and oxygen atoms in total. The minimum absolute atomic E-state index is 0.218. The molecule has 7 aromatic rings. The number of benzene rings is 3. The SMILES string of the molecule is O=C(Nc1cncc(-c2ccc3[nH]nc(-c4nc5c(-c6ccc(F)cc6)cccc5[nH]4)c3n2)c1)c1ccccc1. The fourth-order valence-corrected chi connectivity index (χ4v) is 4.67. The van der Waals surface area contributed by atoms with E-state index in [1.54, 1.807) is 36.7 Å². The average molecular weight is 526 g/mol. The first-order valence-electron chi connectivity index (χ1n) is 12.5. The number of hydrogen-bond acceptors (Lipinski definition) is 5. The van der Waals surface area contributed by atoms with Crippen LogP contribution in [0.3, 0.4) is 0 Å². The average Bonchev–Trinajstić information content (AvgIpc) is 3.62. The van der Waals surface area contributed by atoms with E-state index >= 15 is 0 Å². The first-order valence-corrected chi connectivity index (χ1v) is 12.5. The summed E-state index contributed by atoms with van der Waals surface area (Å²) in [7, 11) is 0. The van der Waals surface area contributed by atoms with Crippen molar-refractivity contribution in [1.29, 1.82) is 0 Å². The van der Waals surface area contributed by atoms with Crippen molar-refractivity contribution in [2.45, 2.75) is 0 Å². The van der Waals surface area contributed by atoms with Crippen molar-refractivity contribution in [2.24, 2.45) is 0 Å². The molecule has 0 spiro atoms. The number of nitrogens with one attached hydrogen (secondary N) is 3. The Labute approximate surface area is 227 Å². The molecule has 4 heterocycles. The Bertz CT molecular complexity index is 2010. The van der Waals surface area contributed by atoms with Crippen LogP contribution in [0.5, 0.6) is 0 Å². The summed E-state index contributed by atoms with van der Waals surface area (Å²) in [4.78, 5) is 30.0. The maximum absolute atomic E-state index is 13.5. The summed E-state index contributed by atoms with van der Waals surface area (Å²) < 4.78 is 13.5. The van der Waals surface area contributed by atoms with E-state index in [2.05, 4.69) is 25.5 Å². The predicted octanol–water partition coefficient (Wildman–Crippen LogP) is 6.62. The lowest BCUT2D eigenvalue weighted by Crippen LogP contribution is -2.11. The van der Waals surface area contributed by atoms with Gasteiger partial charge < -0.3 is 10.3 Å². The molecule has 0 saturated heterocycles. The standard InChI is InChI=1S/C31H20FN7O/c32-21-11-9-18(10-12-21)23-7-4-8-25-27(23)37-30(36-25)29-28-26(38-39-29)14-13-24(35-28)20-15-22(17-33-16-20)34-31(40)19-5-2-1-3-6-19/h1-17H,(H,34,40)(H,36,37)(H,38,39). The highest BCUT2D eigenvalue weighted by Gasteiger charge is 2.17. The molecule has 7 rings (SSSR count). The molecule has 0 aliphatic carbocycles. The van der Waals surface area contributed by atoms with E-state index < -0.39 is 0 Å². The van der Waals surface area contributed by atoms with Crippen molar-refractivity contribution in [3.05, 3.63) is 115 Å². The van der Waals surface area contributed by atoms with E-state index in [-0.39, 0.29) is 11.7 Å². The van der Waals surface area contributed by atoms with Crippen LogP contribution in [0.2, 0.25) is 0 Å². The summed E-state index contributed by atoms with van der Waals surface area (Å²) in [6.45, 7) is 0. The Morgan fingerprint density at radius 3 is 2.48 bits per heavy atom. The van der Waals surface area contributed by atoms with E-state index in [0.29, 0.717) is 34.0 Å². The molecule has 0 aliphatic rings. The molecule has 192 valence electrons. The molecule has 0 atom stereocenters. The number of fused-ring (bicyclic) bond motifs is 2. The van der Waals surface area contributed by atoms with Crippen LogP contribution in [0, 0.1) is 5.82 Å². The molecule has 40 heavy (non-hydrogen) atoms. The Hall–Kier alpha value is -5.70. The normalized spacial score (nSPS) is 11.2. The quantitative estimate of drug-likeness (QED) is 0.234. The van der Waals surface area contributed by atoms with Gasteiger partial charge in [-0.3, -0.25) is 14.9 Å². The zero-order valence-corrected chi connectivity index (χ0v) is 20.9. The summed E-state index contributed by atoms with van der Waals surface area (Å²) in [5.74, 6) is 0.0512. The summed E-state index contributed by atoms with van der Waals surface area (Å²) in [5.41, 5.74) is 7.81. The summed E-state index contributed by atoms with van der Waals surface area (Å²) >= 11 is 0. The summed E-state index contributed by atoms with van der Waals surface area (Å²) in [6.07, 6.45) is 3.29. The number of carbonyl (C=O) groups is 1. The second-order valence-electron chi connectivity index (χ2n) is 9.24. The Kier molecular flexibility index (Phi) is 5.59. The number of nitrogens with zero attached hydrogens (tertiary/aromatic N) is 4. The third kappa shape index (κ3) is 4.25. The second kappa shape index (κ2) is 9.55. The number of carbonyl (C=O) groups excluding carboxylic acids is 1. The molecule has 0 aliphatic heterocycles. The second-order valence-corrected chi connectivity index (χ2v) is 9.24. The zero-order valence-electron chi connectivity index (χ0n) is 20.9. The van der Waals surface area contributed by atoms with Crippen LogP contribution in [0.4, 0.5) is 10.1 Å². The highest BCUT2D eigenvalue weighted by molar-refractivity contribution is 6.04. The van der Waals surface area contributed by atoms with Gasteiger partial charge in [-0.1, -0.05) is 42.5 Å². The van der Waals surface area contributed by atoms with Gasteiger partial charge in [0.1, 0.15) is 11.3 Å². The molecule has 0 fully saturated rings. The van der Waals surface area contributed by atoms with Crippen molar-refractivity contribution >= 4 is 33.7 Å².